The molecule has 1 N–H and O–H groups in total. The molecule has 0 radical (unpaired) electrons. The van der Waals surface area contributed by atoms with Crippen molar-refractivity contribution in [3.63, 3.8) is 0 Å². The van der Waals surface area contributed by atoms with E-state index in [4.69, 9.17) is 28.2 Å². The van der Waals surface area contributed by atoms with Gasteiger partial charge in [-0.2, -0.15) is 0 Å². The van der Waals surface area contributed by atoms with E-state index in [2.05, 4.69) is 44.0 Å². The van der Waals surface area contributed by atoms with E-state index in [9.17, 15) is 4.79 Å². The zero-order chi connectivity index (χ0) is 31.2. The van der Waals surface area contributed by atoms with Crippen LogP contribution in [0.1, 0.15) is 46.8 Å². The predicted octanol–water partition coefficient (Wildman–Crippen LogP) is 7.61. The quantitative estimate of drug-likeness (QED) is 0.161. The highest BCUT2D eigenvalue weighted by Gasteiger charge is 2.24. The summed E-state index contributed by atoms with van der Waals surface area (Å²) in [6, 6.07) is 29.9. The number of para-hydroxylation sites is 2. The minimum absolute atomic E-state index is 0.0154. The molecule has 0 aliphatic carbocycles. The molecule has 1 aliphatic heterocycles. The van der Waals surface area contributed by atoms with Gasteiger partial charge in [0, 0.05) is 50.4 Å². The number of nitrogens with one attached hydrogen (secondary N) is 1. The molecule has 1 atom stereocenters. The minimum atomic E-state index is 0.0154. The van der Waals surface area contributed by atoms with Crippen LogP contribution in [0.4, 0.5) is 5.95 Å². The number of halogens is 2. The van der Waals surface area contributed by atoms with E-state index in [-0.39, 0.29) is 11.8 Å². The van der Waals surface area contributed by atoms with E-state index in [0.717, 1.165) is 67.1 Å². The second-order valence-corrected chi connectivity index (χ2v) is 12.6. The van der Waals surface area contributed by atoms with Crippen LogP contribution in [0.5, 0.6) is 0 Å². The molecule has 6 rings (SSSR count). The lowest BCUT2D eigenvalue weighted by Gasteiger charge is -2.34. The van der Waals surface area contributed by atoms with E-state index in [0.29, 0.717) is 34.7 Å². The number of anilines is 1. The Labute approximate surface area is 274 Å². The Balaban J connectivity index is 1.09. The van der Waals surface area contributed by atoms with Crippen molar-refractivity contribution in [2.45, 2.75) is 37.8 Å². The summed E-state index contributed by atoms with van der Waals surface area (Å²) >= 11 is 12.7. The maximum atomic E-state index is 13.2. The number of imidazole rings is 1. The Morgan fingerprint density at radius 1 is 0.956 bits per heavy atom. The Morgan fingerprint density at radius 2 is 1.71 bits per heavy atom. The third-order valence-corrected chi connectivity index (χ3v) is 9.43. The lowest BCUT2D eigenvalue weighted by Crippen LogP contribution is -2.40. The zero-order valence-electron chi connectivity index (χ0n) is 25.4. The molecule has 9 heteroatoms. The molecule has 3 aromatic carbocycles. The fourth-order valence-electron chi connectivity index (χ4n) is 6.17. The number of aromatic nitrogens is 3. The molecule has 232 valence electrons. The van der Waals surface area contributed by atoms with Crippen LogP contribution in [0.3, 0.4) is 0 Å². The SMILES string of the molecule is CN(CC(CCN1CCC(Nc2nc3ccccc3n2Cc2ccccn2)CC1)c1ccc(Cl)c(Cl)c1)C(=O)c1ccccc1. The Hall–Kier alpha value is -3.91. The van der Waals surface area contributed by atoms with Crippen LogP contribution in [0.2, 0.25) is 10.0 Å². The topological polar surface area (TPSA) is 66.3 Å². The summed E-state index contributed by atoms with van der Waals surface area (Å²) in [5.41, 5.74) is 4.88. The minimum Gasteiger partial charge on any atom is -0.353 e. The van der Waals surface area contributed by atoms with Crippen LogP contribution in [-0.4, -0.2) is 69.5 Å². The molecule has 1 amide bonds. The van der Waals surface area contributed by atoms with Crippen molar-refractivity contribution < 1.29 is 4.79 Å². The molecule has 45 heavy (non-hydrogen) atoms. The summed E-state index contributed by atoms with van der Waals surface area (Å²) < 4.78 is 2.24. The standard InChI is InChI=1S/C36H38Cl2N6O/c1-42(35(45)26-9-3-2-4-10-26)24-28(27-14-15-31(37)32(38)23-27)16-20-43-21-17-29(18-22-43)40-36-41-33-12-5-6-13-34(33)44(36)25-30-11-7-8-19-39-30/h2-15,19,23,28-29H,16-18,20-22,24-25H2,1H3,(H,40,41). The van der Waals surface area contributed by atoms with E-state index < -0.39 is 0 Å². The second-order valence-electron chi connectivity index (χ2n) is 11.8. The summed E-state index contributed by atoms with van der Waals surface area (Å²) in [6.45, 7) is 4.18. The van der Waals surface area contributed by atoms with Gasteiger partial charge in [-0.25, -0.2) is 4.98 Å². The van der Waals surface area contributed by atoms with Gasteiger partial charge in [0.05, 0.1) is 33.3 Å². The smallest absolute Gasteiger partial charge is 0.253 e. The Morgan fingerprint density at radius 3 is 2.47 bits per heavy atom. The molecule has 0 bridgehead atoms. The van der Waals surface area contributed by atoms with Crippen LogP contribution in [0.15, 0.2) is 97.2 Å². The maximum absolute atomic E-state index is 13.2. The Kier molecular flexibility index (Phi) is 9.99. The average Bonchev–Trinajstić information content (AvgIpc) is 3.41. The number of amides is 1. The lowest BCUT2D eigenvalue weighted by molar-refractivity contribution is 0.0782. The zero-order valence-corrected chi connectivity index (χ0v) is 27.0. The van der Waals surface area contributed by atoms with Crippen molar-refractivity contribution in [3.8, 4) is 0 Å². The monoisotopic (exact) mass is 640 g/mol. The van der Waals surface area contributed by atoms with Gasteiger partial charge < -0.3 is 19.7 Å². The number of piperidine rings is 1. The summed E-state index contributed by atoms with van der Waals surface area (Å²) in [4.78, 5) is 27.0. The summed E-state index contributed by atoms with van der Waals surface area (Å²) in [5.74, 6) is 1.03. The van der Waals surface area contributed by atoms with Crippen molar-refractivity contribution in [2.24, 2.45) is 0 Å². The number of pyridine rings is 1. The van der Waals surface area contributed by atoms with E-state index in [1.54, 1.807) is 0 Å². The van der Waals surface area contributed by atoms with Gasteiger partial charge in [0.25, 0.3) is 5.91 Å². The molecule has 0 saturated carbocycles. The van der Waals surface area contributed by atoms with Crippen LogP contribution in [-0.2, 0) is 6.54 Å². The van der Waals surface area contributed by atoms with E-state index >= 15 is 0 Å². The predicted molar refractivity (Wildman–Crippen MR) is 183 cm³/mol. The number of likely N-dealkylation sites (tertiary alicyclic amines) is 1. The third kappa shape index (κ3) is 7.67. The number of carbonyl (C=O) groups is 1. The van der Waals surface area contributed by atoms with E-state index in [1.165, 1.54) is 0 Å². The van der Waals surface area contributed by atoms with Gasteiger partial charge in [-0.3, -0.25) is 9.78 Å². The number of hydrogen-bond acceptors (Lipinski definition) is 5. The molecule has 5 aromatic rings. The third-order valence-electron chi connectivity index (χ3n) is 8.69. The molecular weight excluding hydrogens is 603 g/mol. The van der Waals surface area contributed by atoms with Crippen LogP contribution in [0.25, 0.3) is 11.0 Å². The van der Waals surface area contributed by atoms with Crippen molar-refractivity contribution in [1.82, 2.24) is 24.3 Å². The first-order chi connectivity index (χ1) is 21.9. The first kappa shape index (κ1) is 31.1. The molecule has 7 nitrogen and oxygen atoms in total. The lowest BCUT2D eigenvalue weighted by atomic mass is 9.94. The first-order valence-corrected chi connectivity index (χ1v) is 16.3. The molecule has 0 spiro atoms. The molecular formula is C36H38Cl2N6O. The Bertz CT molecular complexity index is 1720. The molecule has 1 aliphatic rings. The number of hydrogen-bond donors (Lipinski definition) is 1. The van der Waals surface area contributed by atoms with Crippen LogP contribution < -0.4 is 5.32 Å². The number of nitrogens with zero attached hydrogens (tertiary/aromatic N) is 5. The summed E-state index contributed by atoms with van der Waals surface area (Å²) in [6.07, 6.45) is 4.79. The fraction of sp³-hybridized carbons (Fsp3) is 0.306. The summed E-state index contributed by atoms with van der Waals surface area (Å²) in [5, 5.41) is 4.84. The number of carbonyl (C=O) groups excluding carboxylic acids is 1. The van der Waals surface area contributed by atoms with Gasteiger partial charge in [-0.1, -0.05) is 65.7 Å². The first-order valence-electron chi connectivity index (χ1n) is 15.5. The van der Waals surface area contributed by atoms with Crippen molar-refractivity contribution in [3.05, 3.63) is 124 Å². The fourth-order valence-corrected chi connectivity index (χ4v) is 6.47. The second kappa shape index (κ2) is 14.5. The van der Waals surface area contributed by atoms with Gasteiger partial charge in [0.1, 0.15) is 0 Å². The highest BCUT2D eigenvalue weighted by atomic mass is 35.5. The van der Waals surface area contributed by atoms with Crippen LogP contribution in [0, 0.1) is 0 Å². The highest BCUT2D eigenvalue weighted by molar-refractivity contribution is 6.42. The average molecular weight is 642 g/mol. The van der Waals surface area contributed by atoms with Crippen molar-refractivity contribution >= 4 is 46.1 Å². The number of benzene rings is 3. The van der Waals surface area contributed by atoms with Gasteiger partial charge in [-0.15, -0.1) is 0 Å². The van der Waals surface area contributed by atoms with Gasteiger partial charge >= 0.3 is 0 Å². The largest absolute Gasteiger partial charge is 0.353 e. The molecule has 1 unspecified atom stereocenters. The number of likely N-dealkylation sites (N-methyl/N-ethyl adjacent to an activating group) is 1. The highest BCUT2D eigenvalue weighted by Crippen LogP contribution is 2.30. The van der Waals surface area contributed by atoms with E-state index in [1.807, 2.05) is 84.9 Å². The molecule has 1 saturated heterocycles. The number of fused-ring (bicyclic) bond motifs is 1. The molecule has 1 fully saturated rings. The number of rotatable bonds is 11. The van der Waals surface area contributed by atoms with Crippen LogP contribution >= 0.6 is 23.2 Å². The summed E-state index contributed by atoms with van der Waals surface area (Å²) in [7, 11) is 1.87. The van der Waals surface area contributed by atoms with Gasteiger partial charge in [-0.05, 0) is 79.9 Å². The van der Waals surface area contributed by atoms with Crippen molar-refractivity contribution in [1.29, 1.82) is 0 Å². The van der Waals surface area contributed by atoms with Gasteiger partial charge in [0.2, 0.25) is 5.95 Å². The maximum Gasteiger partial charge on any atom is 0.253 e. The normalized spacial score (nSPS) is 14.8. The molecule has 3 heterocycles. The molecule has 2 aromatic heterocycles. The van der Waals surface area contributed by atoms with Crippen molar-refractivity contribution in [2.75, 3.05) is 38.5 Å². The van der Waals surface area contributed by atoms with Gasteiger partial charge in [0.15, 0.2) is 0 Å².